The number of rotatable bonds is 3. The first kappa shape index (κ1) is 15.0. The fourth-order valence-corrected chi connectivity index (χ4v) is 2.42. The molecule has 116 valence electrons. The van der Waals surface area contributed by atoms with E-state index in [0.29, 0.717) is 33.6 Å². The number of carbonyl (C=O) groups is 1. The minimum absolute atomic E-state index is 0.320. The van der Waals surface area contributed by atoms with Crippen molar-refractivity contribution >= 4 is 22.5 Å². The van der Waals surface area contributed by atoms with Gasteiger partial charge in [-0.1, -0.05) is 6.07 Å². The van der Waals surface area contributed by atoms with Gasteiger partial charge in [0.1, 0.15) is 11.6 Å². The molecule has 4 nitrogen and oxygen atoms in total. The van der Waals surface area contributed by atoms with Crippen LogP contribution in [0.5, 0.6) is 5.75 Å². The Morgan fingerprint density at radius 3 is 2.78 bits per heavy atom. The molecule has 23 heavy (non-hydrogen) atoms. The van der Waals surface area contributed by atoms with Gasteiger partial charge in [0.2, 0.25) is 0 Å². The molecule has 1 heterocycles. The second-order valence-corrected chi connectivity index (χ2v) is 5.16. The number of ether oxygens (including phenoxy) is 1. The smallest absolute Gasteiger partial charge is 0.256 e. The molecule has 0 aliphatic carbocycles. The SMILES string of the molecule is COc1cccc(NC(=O)c2cc(C)nc3ccc(F)cc23)c1. The van der Waals surface area contributed by atoms with Gasteiger partial charge in [-0.25, -0.2) is 4.39 Å². The number of pyridine rings is 1. The maximum atomic E-state index is 13.5. The summed E-state index contributed by atoms with van der Waals surface area (Å²) in [6.45, 7) is 1.80. The zero-order chi connectivity index (χ0) is 16.4. The Hall–Kier alpha value is -2.95. The van der Waals surface area contributed by atoms with E-state index >= 15 is 0 Å². The number of hydrogen-bond acceptors (Lipinski definition) is 3. The van der Waals surface area contributed by atoms with Crippen LogP contribution in [-0.2, 0) is 0 Å². The van der Waals surface area contributed by atoms with Gasteiger partial charge in [0, 0.05) is 22.8 Å². The number of benzene rings is 2. The third-order valence-corrected chi connectivity index (χ3v) is 3.47. The van der Waals surface area contributed by atoms with E-state index in [9.17, 15) is 9.18 Å². The highest BCUT2D eigenvalue weighted by atomic mass is 19.1. The second-order valence-electron chi connectivity index (χ2n) is 5.16. The molecule has 3 aromatic rings. The molecule has 0 fully saturated rings. The number of anilines is 1. The quantitative estimate of drug-likeness (QED) is 0.797. The van der Waals surface area contributed by atoms with Crippen LogP contribution in [0.3, 0.4) is 0 Å². The number of nitrogens with zero attached hydrogens (tertiary/aromatic N) is 1. The fourth-order valence-electron chi connectivity index (χ4n) is 2.42. The first-order chi connectivity index (χ1) is 11.1. The Morgan fingerprint density at radius 2 is 2.00 bits per heavy atom. The molecule has 1 amide bonds. The lowest BCUT2D eigenvalue weighted by molar-refractivity contribution is 0.102. The zero-order valence-electron chi connectivity index (χ0n) is 12.8. The summed E-state index contributed by atoms with van der Waals surface area (Å²) in [6.07, 6.45) is 0. The summed E-state index contributed by atoms with van der Waals surface area (Å²) in [4.78, 5) is 16.9. The number of carbonyl (C=O) groups excluding carboxylic acids is 1. The molecule has 0 aliphatic heterocycles. The van der Waals surface area contributed by atoms with E-state index in [-0.39, 0.29) is 5.91 Å². The van der Waals surface area contributed by atoms with E-state index < -0.39 is 5.82 Å². The van der Waals surface area contributed by atoms with Crippen molar-refractivity contribution < 1.29 is 13.9 Å². The van der Waals surface area contributed by atoms with Crippen molar-refractivity contribution in [3.63, 3.8) is 0 Å². The van der Waals surface area contributed by atoms with Crippen LogP contribution in [0.1, 0.15) is 16.1 Å². The average molecular weight is 310 g/mol. The van der Waals surface area contributed by atoms with Crippen LogP contribution >= 0.6 is 0 Å². The van der Waals surface area contributed by atoms with Gasteiger partial charge in [-0.3, -0.25) is 9.78 Å². The normalized spacial score (nSPS) is 10.6. The van der Waals surface area contributed by atoms with E-state index in [4.69, 9.17) is 4.74 Å². The third-order valence-electron chi connectivity index (χ3n) is 3.47. The Balaban J connectivity index is 2.01. The molecule has 1 N–H and O–H groups in total. The highest BCUT2D eigenvalue weighted by Crippen LogP contribution is 2.22. The number of amides is 1. The summed E-state index contributed by atoms with van der Waals surface area (Å²) < 4.78 is 18.7. The fraction of sp³-hybridized carbons (Fsp3) is 0.111. The Kier molecular flexibility index (Phi) is 3.93. The van der Waals surface area contributed by atoms with Gasteiger partial charge in [0.05, 0.1) is 18.2 Å². The van der Waals surface area contributed by atoms with Crippen molar-refractivity contribution in [2.45, 2.75) is 6.92 Å². The second kappa shape index (κ2) is 6.04. The van der Waals surface area contributed by atoms with Crippen molar-refractivity contribution in [1.29, 1.82) is 0 Å². The van der Waals surface area contributed by atoms with Crippen molar-refractivity contribution in [3.8, 4) is 5.75 Å². The standard InChI is InChI=1S/C18H15FN2O2/c1-11-8-16(15-9-12(19)6-7-17(15)20-11)18(22)21-13-4-3-5-14(10-13)23-2/h3-10H,1-2H3,(H,21,22). The van der Waals surface area contributed by atoms with Crippen molar-refractivity contribution in [2.24, 2.45) is 0 Å². The summed E-state index contributed by atoms with van der Waals surface area (Å²) in [5.74, 6) is -0.0810. The molecule has 0 atom stereocenters. The number of methoxy groups -OCH3 is 1. The predicted octanol–water partition coefficient (Wildman–Crippen LogP) is 3.94. The first-order valence-corrected chi connectivity index (χ1v) is 7.09. The zero-order valence-corrected chi connectivity index (χ0v) is 12.8. The summed E-state index contributed by atoms with van der Waals surface area (Å²) >= 11 is 0. The van der Waals surface area contributed by atoms with Gasteiger partial charge >= 0.3 is 0 Å². The highest BCUT2D eigenvalue weighted by molar-refractivity contribution is 6.12. The molecule has 3 rings (SSSR count). The lowest BCUT2D eigenvalue weighted by atomic mass is 10.1. The van der Waals surface area contributed by atoms with Gasteiger partial charge in [-0.15, -0.1) is 0 Å². The Morgan fingerprint density at radius 1 is 1.17 bits per heavy atom. The molecule has 5 heteroatoms. The summed E-state index contributed by atoms with van der Waals surface area (Å²) in [5, 5.41) is 3.28. The monoisotopic (exact) mass is 310 g/mol. The van der Waals surface area contributed by atoms with Crippen LogP contribution in [-0.4, -0.2) is 18.0 Å². The molecule has 0 bridgehead atoms. The van der Waals surface area contributed by atoms with E-state index in [2.05, 4.69) is 10.3 Å². The lowest BCUT2D eigenvalue weighted by Crippen LogP contribution is -2.13. The molecule has 0 radical (unpaired) electrons. The third kappa shape index (κ3) is 3.13. The number of aromatic nitrogens is 1. The highest BCUT2D eigenvalue weighted by Gasteiger charge is 2.13. The van der Waals surface area contributed by atoms with E-state index in [1.54, 1.807) is 50.4 Å². The van der Waals surface area contributed by atoms with Crippen LogP contribution in [0.4, 0.5) is 10.1 Å². The maximum Gasteiger partial charge on any atom is 0.256 e. The van der Waals surface area contributed by atoms with E-state index in [1.165, 1.54) is 12.1 Å². The molecule has 1 aromatic heterocycles. The summed E-state index contributed by atoms with van der Waals surface area (Å²) in [6, 6.07) is 12.9. The molecule has 0 spiro atoms. The van der Waals surface area contributed by atoms with Gasteiger partial charge in [0.15, 0.2) is 0 Å². The van der Waals surface area contributed by atoms with Gasteiger partial charge < -0.3 is 10.1 Å². The topological polar surface area (TPSA) is 51.2 Å². The van der Waals surface area contributed by atoms with Crippen molar-refractivity contribution in [1.82, 2.24) is 4.98 Å². The molecule has 2 aromatic carbocycles. The lowest BCUT2D eigenvalue weighted by Gasteiger charge is -2.10. The number of halogens is 1. The summed E-state index contributed by atoms with van der Waals surface area (Å²) in [5.41, 5.74) is 2.27. The minimum Gasteiger partial charge on any atom is -0.497 e. The van der Waals surface area contributed by atoms with Crippen LogP contribution in [0.2, 0.25) is 0 Å². The van der Waals surface area contributed by atoms with E-state index in [1.807, 2.05) is 0 Å². The molecular formula is C18H15FN2O2. The number of hydrogen-bond donors (Lipinski definition) is 1. The van der Waals surface area contributed by atoms with Gasteiger partial charge in [-0.05, 0) is 43.3 Å². The molecule has 0 unspecified atom stereocenters. The maximum absolute atomic E-state index is 13.5. The Bertz CT molecular complexity index is 893. The largest absolute Gasteiger partial charge is 0.497 e. The summed E-state index contributed by atoms with van der Waals surface area (Å²) in [7, 11) is 1.56. The van der Waals surface area contributed by atoms with Crippen molar-refractivity contribution in [3.05, 3.63) is 65.6 Å². The van der Waals surface area contributed by atoms with Crippen LogP contribution in [0.25, 0.3) is 10.9 Å². The van der Waals surface area contributed by atoms with Crippen LogP contribution < -0.4 is 10.1 Å². The Labute approximate surface area is 132 Å². The van der Waals surface area contributed by atoms with Gasteiger partial charge in [-0.2, -0.15) is 0 Å². The van der Waals surface area contributed by atoms with Crippen LogP contribution in [0.15, 0.2) is 48.5 Å². The number of aryl methyl sites for hydroxylation is 1. The predicted molar refractivity (Wildman–Crippen MR) is 87.4 cm³/mol. The van der Waals surface area contributed by atoms with Crippen molar-refractivity contribution in [2.75, 3.05) is 12.4 Å². The molecule has 0 aliphatic rings. The average Bonchev–Trinajstić information content (AvgIpc) is 2.54. The number of fused-ring (bicyclic) bond motifs is 1. The molecule has 0 saturated carbocycles. The van der Waals surface area contributed by atoms with Crippen LogP contribution in [0, 0.1) is 12.7 Å². The van der Waals surface area contributed by atoms with Gasteiger partial charge in [0.25, 0.3) is 5.91 Å². The minimum atomic E-state index is -0.404. The number of nitrogens with one attached hydrogen (secondary N) is 1. The molecule has 0 saturated heterocycles. The first-order valence-electron chi connectivity index (χ1n) is 7.09. The molecular weight excluding hydrogens is 295 g/mol. The van der Waals surface area contributed by atoms with E-state index in [0.717, 1.165) is 0 Å².